The number of rotatable bonds is 6. The van der Waals surface area contributed by atoms with Crippen molar-refractivity contribution in [2.45, 2.75) is 44.9 Å². The van der Waals surface area contributed by atoms with Crippen LogP contribution in [-0.4, -0.2) is 85.5 Å². The molecule has 0 bridgehead atoms. The third-order valence-electron chi connectivity index (χ3n) is 5.72. The molecule has 0 aromatic rings. The van der Waals surface area contributed by atoms with Gasteiger partial charge in [-0.05, 0) is 44.6 Å². The lowest BCUT2D eigenvalue weighted by atomic mass is 10.1. The van der Waals surface area contributed by atoms with Crippen molar-refractivity contribution in [3.05, 3.63) is 0 Å². The minimum atomic E-state index is 0.260. The van der Waals surface area contributed by atoms with Gasteiger partial charge in [-0.25, -0.2) is 0 Å². The molecular weight excluding hydrogens is 318 g/mol. The molecule has 6 heteroatoms. The molecular formula is C19H33N3O3. The van der Waals surface area contributed by atoms with Gasteiger partial charge in [0.25, 0.3) is 0 Å². The van der Waals surface area contributed by atoms with Crippen LogP contribution in [0.3, 0.4) is 0 Å². The first-order valence-electron chi connectivity index (χ1n) is 10.1. The van der Waals surface area contributed by atoms with Crippen LogP contribution in [0.5, 0.6) is 0 Å². The summed E-state index contributed by atoms with van der Waals surface area (Å²) >= 11 is 0. The molecule has 0 saturated carbocycles. The van der Waals surface area contributed by atoms with Crippen LogP contribution in [0.25, 0.3) is 0 Å². The van der Waals surface area contributed by atoms with Crippen molar-refractivity contribution in [2.75, 3.05) is 59.0 Å². The van der Waals surface area contributed by atoms with Crippen molar-refractivity contribution >= 4 is 11.8 Å². The number of piperidine rings is 1. The number of carbonyl (C=O) groups excluding carboxylic acids is 2. The molecule has 3 rings (SSSR count). The topological polar surface area (TPSA) is 53.1 Å². The van der Waals surface area contributed by atoms with E-state index in [0.717, 1.165) is 84.7 Å². The maximum absolute atomic E-state index is 12.5. The van der Waals surface area contributed by atoms with Gasteiger partial charge in [0.1, 0.15) is 0 Å². The Hall–Kier alpha value is -1.14. The summed E-state index contributed by atoms with van der Waals surface area (Å²) in [7, 11) is 0. The number of hydrogen-bond acceptors (Lipinski definition) is 4. The van der Waals surface area contributed by atoms with Crippen LogP contribution < -0.4 is 0 Å². The molecule has 3 saturated heterocycles. The summed E-state index contributed by atoms with van der Waals surface area (Å²) in [6.45, 7) is 8.31. The summed E-state index contributed by atoms with van der Waals surface area (Å²) in [5.41, 5.74) is 0. The van der Waals surface area contributed by atoms with Gasteiger partial charge in [0.2, 0.25) is 11.8 Å². The predicted octanol–water partition coefficient (Wildman–Crippen LogP) is 1.35. The first-order chi connectivity index (χ1) is 12.2. The molecule has 142 valence electrons. The predicted molar refractivity (Wildman–Crippen MR) is 96.2 cm³/mol. The fraction of sp³-hybridized carbons (Fsp3) is 0.895. The smallest absolute Gasteiger partial charge is 0.222 e. The first-order valence-corrected chi connectivity index (χ1v) is 10.1. The van der Waals surface area contributed by atoms with Gasteiger partial charge in [-0.2, -0.15) is 0 Å². The van der Waals surface area contributed by atoms with E-state index in [0.29, 0.717) is 18.8 Å². The number of ether oxygens (including phenoxy) is 1. The van der Waals surface area contributed by atoms with Gasteiger partial charge in [0, 0.05) is 58.7 Å². The highest BCUT2D eigenvalue weighted by Crippen LogP contribution is 2.16. The lowest BCUT2D eigenvalue weighted by molar-refractivity contribution is -0.135. The summed E-state index contributed by atoms with van der Waals surface area (Å²) in [6.07, 6.45) is 6.41. The lowest BCUT2D eigenvalue weighted by Crippen LogP contribution is -2.38. The number of likely N-dealkylation sites (tertiary alicyclic amines) is 1. The fourth-order valence-corrected chi connectivity index (χ4v) is 4.17. The summed E-state index contributed by atoms with van der Waals surface area (Å²) < 4.78 is 5.47. The van der Waals surface area contributed by atoms with E-state index < -0.39 is 0 Å². The monoisotopic (exact) mass is 351 g/mol. The van der Waals surface area contributed by atoms with Crippen molar-refractivity contribution < 1.29 is 14.3 Å². The first kappa shape index (κ1) is 18.6. The van der Waals surface area contributed by atoms with Gasteiger partial charge < -0.3 is 19.4 Å². The van der Waals surface area contributed by atoms with Crippen molar-refractivity contribution in [2.24, 2.45) is 5.92 Å². The van der Waals surface area contributed by atoms with Crippen LogP contribution in [0, 0.1) is 5.92 Å². The number of nitrogens with zero attached hydrogens (tertiary/aromatic N) is 3. The summed E-state index contributed by atoms with van der Waals surface area (Å²) in [6, 6.07) is 0. The lowest BCUT2D eigenvalue weighted by Gasteiger charge is -2.27. The van der Waals surface area contributed by atoms with E-state index in [1.165, 1.54) is 6.42 Å². The molecule has 3 fully saturated rings. The van der Waals surface area contributed by atoms with Crippen LogP contribution in [0.4, 0.5) is 0 Å². The van der Waals surface area contributed by atoms with Gasteiger partial charge in [0.05, 0.1) is 6.61 Å². The Morgan fingerprint density at radius 3 is 2.80 bits per heavy atom. The molecule has 0 aromatic carbocycles. The highest BCUT2D eigenvalue weighted by atomic mass is 16.5. The standard InChI is InChI=1S/C19H33N3O3/c23-18-5-1-2-9-21(18)10-3-6-19(24)22-11-4-8-20(12-13-22)15-17-7-14-25-16-17/h17H,1-16H2. The van der Waals surface area contributed by atoms with Crippen LogP contribution in [0.1, 0.15) is 44.9 Å². The van der Waals surface area contributed by atoms with Gasteiger partial charge in [-0.3, -0.25) is 9.59 Å². The van der Waals surface area contributed by atoms with Gasteiger partial charge >= 0.3 is 0 Å². The Morgan fingerprint density at radius 2 is 2.00 bits per heavy atom. The molecule has 3 heterocycles. The molecule has 0 aromatic heterocycles. The number of carbonyl (C=O) groups is 2. The van der Waals surface area contributed by atoms with Gasteiger partial charge in [-0.1, -0.05) is 0 Å². The average Bonchev–Trinajstić information content (AvgIpc) is 3.01. The van der Waals surface area contributed by atoms with E-state index in [2.05, 4.69) is 4.90 Å². The Bertz CT molecular complexity index is 451. The van der Waals surface area contributed by atoms with Crippen LogP contribution in [-0.2, 0) is 14.3 Å². The second-order valence-electron chi connectivity index (χ2n) is 7.71. The van der Waals surface area contributed by atoms with E-state index >= 15 is 0 Å². The third-order valence-corrected chi connectivity index (χ3v) is 5.72. The van der Waals surface area contributed by atoms with Crippen molar-refractivity contribution in [1.82, 2.24) is 14.7 Å². The maximum Gasteiger partial charge on any atom is 0.222 e. The van der Waals surface area contributed by atoms with Crippen molar-refractivity contribution in [3.63, 3.8) is 0 Å². The average molecular weight is 351 g/mol. The molecule has 0 N–H and O–H groups in total. The largest absolute Gasteiger partial charge is 0.381 e. The minimum Gasteiger partial charge on any atom is -0.381 e. The Labute approximate surface area is 151 Å². The van der Waals surface area contributed by atoms with E-state index in [1.807, 2.05) is 9.80 Å². The molecule has 1 atom stereocenters. The van der Waals surface area contributed by atoms with Gasteiger partial charge in [0.15, 0.2) is 0 Å². The quantitative estimate of drug-likeness (QED) is 0.725. The molecule has 2 amide bonds. The zero-order valence-electron chi connectivity index (χ0n) is 15.5. The number of hydrogen-bond donors (Lipinski definition) is 0. The summed E-state index contributed by atoms with van der Waals surface area (Å²) in [4.78, 5) is 30.8. The molecule has 0 spiro atoms. The Morgan fingerprint density at radius 1 is 1.08 bits per heavy atom. The molecule has 25 heavy (non-hydrogen) atoms. The van der Waals surface area contributed by atoms with Crippen LogP contribution in [0.15, 0.2) is 0 Å². The maximum atomic E-state index is 12.5. The van der Waals surface area contributed by atoms with E-state index in [1.54, 1.807) is 0 Å². The third kappa shape index (κ3) is 5.68. The van der Waals surface area contributed by atoms with E-state index in [9.17, 15) is 9.59 Å². The molecule has 3 aliphatic rings. The van der Waals surface area contributed by atoms with Crippen molar-refractivity contribution in [1.29, 1.82) is 0 Å². The number of amides is 2. The van der Waals surface area contributed by atoms with E-state index in [-0.39, 0.29) is 11.8 Å². The normalized spacial score (nSPS) is 26.1. The molecule has 3 aliphatic heterocycles. The fourth-order valence-electron chi connectivity index (χ4n) is 4.17. The molecule has 0 aliphatic carbocycles. The van der Waals surface area contributed by atoms with Crippen LogP contribution in [0.2, 0.25) is 0 Å². The molecule has 1 unspecified atom stereocenters. The van der Waals surface area contributed by atoms with E-state index in [4.69, 9.17) is 4.74 Å². The highest BCUT2D eigenvalue weighted by Gasteiger charge is 2.23. The zero-order valence-corrected chi connectivity index (χ0v) is 15.5. The molecule has 0 radical (unpaired) electrons. The Balaban J connectivity index is 1.35. The van der Waals surface area contributed by atoms with Gasteiger partial charge in [-0.15, -0.1) is 0 Å². The highest BCUT2D eigenvalue weighted by molar-refractivity contribution is 5.77. The second-order valence-corrected chi connectivity index (χ2v) is 7.71. The second kappa shape index (κ2) is 9.53. The van der Waals surface area contributed by atoms with Crippen molar-refractivity contribution in [3.8, 4) is 0 Å². The molecule has 6 nitrogen and oxygen atoms in total. The summed E-state index contributed by atoms with van der Waals surface area (Å²) in [5.74, 6) is 1.19. The van der Waals surface area contributed by atoms with Crippen LogP contribution >= 0.6 is 0 Å². The summed E-state index contributed by atoms with van der Waals surface area (Å²) in [5, 5.41) is 0. The zero-order chi connectivity index (χ0) is 17.5. The SMILES string of the molecule is O=C1CCCCN1CCCC(=O)N1CCCN(CC2CCOC2)CC1. The Kier molecular flexibility index (Phi) is 7.11. The minimum absolute atomic E-state index is 0.260.